The van der Waals surface area contributed by atoms with E-state index in [9.17, 15) is 14.3 Å². The minimum absolute atomic E-state index is 0.00405. The standard InChI is InChI=1S/C25H28FN5O2/c1-14(2)31-22-9-8-18(16-4-3-5-17(27)11-16)20(24(22)33)12-23(32)30-13-15-6-7-19(25(28)29)21(26)10-15/h3-11,14,31,33H,12-13,27H2,1-2H3,(H3,28,29)(H,30,32). The molecule has 33 heavy (non-hydrogen) atoms. The molecule has 0 spiro atoms. The van der Waals surface area contributed by atoms with Crippen molar-refractivity contribution in [1.82, 2.24) is 5.32 Å². The summed E-state index contributed by atoms with van der Waals surface area (Å²) in [5.41, 5.74) is 14.8. The summed E-state index contributed by atoms with van der Waals surface area (Å²) in [6.07, 6.45) is -0.0857. The molecule has 0 atom stereocenters. The third kappa shape index (κ3) is 5.79. The number of anilines is 2. The second kappa shape index (κ2) is 10.0. The van der Waals surface area contributed by atoms with Crippen molar-refractivity contribution in [3.63, 3.8) is 0 Å². The van der Waals surface area contributed by atoms with Gasteiger partial charge in [-0.25, -0.2) is 4.39 Å². The van der Waals surface area contributed by atoms with Gasteiger partial charge in [0.25, 0.3) is 0 Å². The maximum absolute atomic E-state index is 14.1. The fourth-order valence-corrected chi connectivity index (χ4v) is 3.53. The number of aromatic hydroxyl groups is 1. The summed E-state index contributed by atoms with van der Waals surface area (Å²) in [6, 6.07) is 15.2. The minimum atomic E-state index is -0.622. The van der Waals surface area contributed by atoms with Crippen LogP contribution in [-0.2, 0) is 17.8 Å². The van der Waals surface area contributed by atoms with E-state index in [4.69, 9.17) is 16.9 Å². The predicted octanol–water partition coefficient (Wildman–Crippen LogP) is 3.74. The van der Waals surface area contributed by atoms with Crippen LogP contribution < -0.4 is 22.1 Å². The highest BCUT2D eigenvalue weighted by Gasteiger charge is 2.18. The highest BCUT2D eigenvalue weighted by molar-refractivity contribution is 5.95. The molecule has 0 aromatic heterocycles. The van der Waals surface area contributed by atoms with Gasteiger partial charge in [0.05, 0.1) is 17.7 Å². The van der Waals surface area contributed by atoms with Crippen LogP contribution in [0.3, 0.4) is 0 Å². The fraction of sp³-hybridized carbons (Fsp3) is 0.200. The molecule has 1 amide bonds. The average molecular weight is 450 g/mol. The molecule has 172 valence electrons. The van der Waals surface area contributed by atoms with Crippen molar-refractivity contribution in [2.45, 2.75) is 32.9 Å². The zero-order chi connectivity index (χ0) is 24.1. The van der Waals surface area contributed by atoms with Crippen molar-refractivity contribution in [2.75, 3.05) is 11.1 Å². The van der Waals surface area contributed by atoms with Crippen LogP contribution in [0.25, 0.3) is 11.1 Å². The summed E-state index contributed by atoms with van der Waals surface area (Å²) < 4.78 is 14.1. The number of amidine groups is 1. The van der Waals surface area contributed by atoms with Gasteiger partial charge in [-0.05, 0) is 60.9 Å². The molecular weight excluding hydrogens is 421 g/mol. The third-order valence-electron chi connectivity index (χ3n) is 5.08. The molecule has 0 aliphatic rings. The van der Waals surface area contributed by atoms with Crippen LogP contribution in [0, 0.1) is 11.2 Å². The van der Waals surface area contributed by atoms with Gasteiger partial charge in [-0.3, -0.25) is 10.2 Å². The third-order valence-corrected chi connectivity index (χ3v) is 5.08. The van der Waals surface area contributed by atoms with Crippen molar-refractivity contribution in [1.29, 1.82) is 5.41 Å². The first-order chi connectivity index (χ1) is 15.7. The Bertz CT molecular complexity index is 1190. The molecule has 7 nitrogen and oxygen atoms in total. The molecule has 0 unspecified atom stereocenters. The van der Waals surface area contributed by atoms with Gasteiger partial charge in [-0.15, -0.1) is 0 Å². The van der Waals surface area contributed by atoms with E-state index in [2.05, 4.69) is 10.6 Å². The maximum atomic E-state index is 14.1. The van der Waals surface area contributed by atoms with Crippen LogP contribution in [0.5, 0.6) is 5.75 Å². The Morgan fingerprint density at radius 2 is 1.91 bits per heavy atom. The van der Waals surface area contributed by atoms with E-state index < -0.39 is 5.82 Å². The van der Waals surface area contributed by atoms with Crippen LogP contribution in [-0.4, -0.2) is 22.9 Å². The molecule has 0 heterocycles. The monoisotopic (exact) mass is 449 g/mol. The Morgan fingerprint density at radius 3 is 2.55 bits per heavy atom. The Labute approximate surface area is 192 Å². The van der Waals surface area contributed by atoms with Gasteiger partial charge in [-0.2, -0.15) is 0 Å². The maximum Gasteiger partial charge on any atom is 0.224 e. The number of halogens is 1. The molecule has 0 aliphatic carbocycles. The number of phenolic OH excluding ortho intramolecular Hbond substituents is 1. The zero-order valence-corrected chi connectivity index (χ0v) is 18.6. The van der Waals surface area contributed by atoms with Crippen LogP contribution >= 0.6 is 0 Å². The predicted molar refractivity (Wildman–Crippen MR) is 130 cm³/mol. The van der Waals surface area contributed by atoms with Crippen molar-refractivity contribution in [3.8, 4) is 16.9 Å². The number of hydrogen-bond donors (Lipinski definition) is 6. The van der Waals surface area contributed by atoms with Crippen molar-refractivity contribution in [3.05, 3.63) is 77.1 Å². The normalized spacial score (nSPS) is 10.8. The highest BCUT2D eigenvalue weighted by atomic mass is 19.1. The number of hydrogen-bond acceptors (Lipinski definition) is 5. The van der Waals surface area contributed by atoms with Crippen molar-refractivity contribution < 1.29 is 14.3 Å². The molecule has 3 aromatic rings. The Kier molecular flexibility index (Phi) is 7.17. The molecule has 3 aromatic carbocycles. The largest absolute Gasteiger partial charge is 0.505 e. The van der Waals surface area contributed by atoms with Crippen molar-refractivity contribution >= 4 is 23.1 Å². The lowest BCUT2D eigenvalue weighted by Gasteiger charge is -2.18. The van der Waals surface area contributed by atoms with Crippen molar-refractivity contribution in [2.24, 2.45) is 5.73 Å². The zero-order valence-electron chi connectivity index (χ0n) is 18.6. The number of nitrogens with two attached hydrogens (primary N) is 2. The van der Waals surface area contributed by atoms with E-state index in [-0.39, 0.29) is 42.1 Å². The number of phenols is 1. The van der Waals surface area contributed by atoms with E-state index in [0.29, 0.717) is 28.1 Å². The van der Waals surface area contributed by atoms with Gasteiger partial charge in [0.2, 0.25) is 5.91 Å². The molecule has 0 aliphatic heterocycles. The average Bonchev–Trinajstić information content (AvgIpc) is 2.74. The summed E-state index contributed by atoms with van der Waals surface area (Å²) in [5, 5.41) is 24.2. The summed E-state index contributed by atoms with van der Waals surface area (Å²) in [5.74, 6) is -1.32. The number of nitrogen functional groups attached to an aromatic ring is 2. The summed E-state index contributed by atoms with van der Waals surface area (Å²) in [4.78, 5) is 12.8. The van der Waals surface area contributed by atoms with Gasteiger partial charge in [-0.1, -0.05) is 24.3 Å². The number of rotatable bonds is 8. The molecule has 0 bridgehead atoms. The number of amides is 1. The number of carbonyl (C=O) groups is 1. The first-order valence-corrected chi connectivity index (χ1v) is 10.5. The smallest absolute Gasteiger partial charge is 0.224 e. The first kappa shape index (κ1) is 23.6. The van der Waals surface area contributed by atoms with E-state index in [0.717, 1.165) is 5.56 Å². The number of benzene rings is 3. The SMILES string of the molecule is CC(C)Nc1ccc(-c2cccc(N)c2)c(CC(=O)NCc2ccc(C(=N)N)c(F)c2)c1O. The van der Waals surface area contributed by atoms with Crippen LogP contribution in [0.4, 0.5) is 15.8 Å². The minimum Gasteiger partial charge on any atom is -0.505 e. The summed E-state index contributed by atoms with van der Waals surface area (Å²) in [6.45, 7) is 3.99. The molecule has 0 fully saturated rings. The summed E-state index contributed by atoms with van der Waals surface area (Å²) >= 11 is 0. The van der Waals surface area contributed by atoms with E-state index in [1.54, 1.807) is 24.3 Å². The van der Waals surface area contributed by atoms with E-state index >= 15 is 0 Å². The summed E-state index contributed by atoms with van der Waals surface area (Å²) in [7, 11) is 0. The lowest BCUT2D eigenvalue weighted by atomic mass is 9.95. The number of carbonyl (C=O) groups excluding carboxylic acids is 1. The van der Waals surface area contributed by atoms with E-state index in [1.165, 1.54) is 12.1 Å². The van der Waals surface area contributed by atoms with Gasteiger partial charge >= 0.3 is 0 Å². The van der Waals surface area contributed by atoms with Gasteiger partial charge in [0.1, 0.15) is 17.4 Å². The Morgan fingerprint density at radius 1 is 1.15 bits per heavy atom. The molecule has 8 N–H and O–H groups in total. The molecule has 3 rings (SSSR count). The van der Waals surface area contributed by atoms with Gasteiger partial charge in [0.15, 0.2) is 0 Å². The Balaban J connectivity index is 1.85. The van der Waals surface area contributed by atoms with Gasteiger partial charge in [0, 0.05) is 23.8 Å². The molecule has 0 saturated carbocycles. The van der Waals surface area contributed by atoms with E-state index in [1.807, 2.05) is 32.0 Å². The van der Waals surface area contributed by atoms with Crippen LogP contribution in [0.2, 0.25) is 0 Å². The quantitative estimate of drug-likeness (QED) is 0.135. The first-order valence-electron chi connectivity index (χ1n) is 10.5. The second-order valence-corrected chi connectivity index (χ2v) is 8.09. The van der Waals surface area contributed by atoms with Crippen LogP contribution in [0.1, 0.15) is 30.5 Å². The topological polar surface area (TPSA) is 137 Å². The Hall–Kier alpha value is -4.07. The number of nitrogens with one attached hydrogen (secondary N) is 3. The molecule has 0 saturated heterocycles. The highest BCUT2D eigenvalue weighted by Crippen LogP contribution is 2.37. The second-order valence-electron chi connectivity index (χ2n) is 8.09. The lowest BCUT2D eigenvalue weighted by molar-refractivity contribution is -0.120. The van der Waals surface area contributed by atoms with Gasteiger partial charge < -0.3 is 27.2 Å². The fourth-order valence-electron chi connectivity index (χ4n) is 3.53. The molecule has 8 heteroatoms. The molecular formula is C25H28FN5O2. The molecule has 0 radical (unpaired) electrons. The lowest BCUT2D eigenvalue weighted by Crippen LogP contribution is -2.25. The van der Waals surface area contributed by atoms with Crippen LogP contribution in [0.15, 0.2) is 54.6 Å².